The summed E-state index contributed by atoms with van der Waals surface area (Å²) >= 11 is 0. The van der Waals surface area contributed by atoms with Gasteiger partial charge in [-0.2, -0.15) is 0 Å². The Morgan fingerprint density at radius 2 is 1.93 bits per heavy atom. The molecule has 0 unspecified atom stereocenters. The molecule has 0 bridgehead atoms. The number of hydrogen-bond donors (Lipinski definition) is 1. The fourth-order valence-electron chi connectivity index (χ4n) is 1.58. The smallest absolute Gasteiger partial charge is 0.123 e. The first-order valence-corrected chi connectivity index (χ1v) is 4.85. The number of likely N-dealkylation sites (N-methyl/N-ethyl adjacent to an activating group) is 1. The van der Waals surface area contributed by atoms with Crippen LogP contribution in [0.1, 0.15) is 12.8 Å². The molecule has 0 aliphatic heterocycles. The summed E-state index contributed by atoms with van der Waals surface area (Å²) in [5.74, 6) is -0.198. The van der Waals surface area contributed by atoms with Crippen LogP contribution in [-0.4, -0.2) is 19.1 Å². The highest BCUT2D eigenvalue weighted by Gasteiger charge is 2.39. The Labute approximate surface area is 83.5 Å². The number of nitrogens with zero attached hydrogens (tertiary/aromatic N) is 1. The van der Waals surface area contributed by atoms with Crippen LogP contribution in [0.5, 0.6) is 0 Å². The summed E-state index contributed by atoms with van der Waals surface area (Å²) in [5, 5.41) is 0. The molecule has 0 aromatic heterocycles. The molecular formula is C11H15FN2. The fraction of sp³-hybridized carbons (Fsp3) is 0.455. The van der Waals surface area contributed by atoms with Gasteiger partial charge in [-0.15, -0.1) is 0 Å². The number of benzene rings is 1. The van der Waals surface area contributed by atoms with Crippen molar-refractivity contribution in [1.29, 1.82) is 0 Å². The molecule has 3 heteroatoms. The maximum atomic E-state index is 12.7. The molecule has 1 aromatic carbocycles. The van der Waals surface area contributed by atoms with Crippen LogP contribution in [0.4, 0.5) is 10.1 Å². The van der Waals surface area contributed by atoms with Crippen molar-refractivity contribution in [3.63, 3.8) is 0 Å². The lowest BCUT2D eigenvalue weighted by atomic mass is 10.2. The summed E-state index contributed by atoms with van der Waals surface area (Å²) in [7, 11) is 1.99. The van der Waals surface area contributed by atoms with Crippen LogP contribution < -0.4 is 10.6 Å². The zero-order valence-corrected chi connectivity index (χ0v) is 8.33. The number of nitrogens with two attached hydrogens (primary N) is 1. The van der Waals surface area contributed by atoms with Crippen molar-refractivity contribution in [2.24, 2.45) is 5.73 Å². The second kappa shape index (κ2) is 3.24. The van der Waals surface area contributed by atoms with Crippen LogP contribution in [0.25, 0.3) is 0 Å². The standard InChI is InChI=1S/C11H15FN2/c1-14(8-11(13)6-7-11)10-4-2-9(12)3-5-10/h2-5H,6-8,13H2,1H3. The monoisotopic (exact) mass is 194 g/mol. The molecular weight excluding hydrogens is 179 g/mol. The van der Waals surface area contributed by atoms with E-state index in [0.29, 0.717) is 0 Å². The first kappa shape index (κ1) is 9.46. The van der Waals surface area contributed by atoms with E-state index < -0.39 is 0 Å². The molecule has 1 aromatic rings. The molecule has 0 saturated heterocycles. The molecule has 0 spiro atoms. The van der Waals surface area contributed by atoms with Crippen LogP contribution in [-0.2, 0) is 0 Å². The van der Waals surface area contributed by atoms with E-state index in [1.165, 1.54) is 12.1 Å². The van der Waals surface area contributed by atoms with Gasteiger partial charge in [0.05, 0.1) is 0 Å². The zero-order valence-electron chi connectivity index (χ0n) is 8.33. The molecule has 1 aliphatic rings. The van der Waals surface area contributed by atoms with Crippen LogP contribution in [0.15, 0.2) is 24.3 Å². The molecule has 0 heterocycles. The van der Waals surface area contributed by atoms with Crippen molar-refractivity contribution in [3.8, 4) is 0 Å². The van der Waals surface area contributed by atoms with Gasteiger partial charge in [0.1, 0.15) is 5.82 Å². The lowest BCUT2D eigenvalue weighted by Crippen LogP contribution is -2.37. The first-order valence-electron chi connectivity index (χ1n) is 4.85. The Morgan fingerprint density at radius 3 is 2.43 bits per heavy atom. The van der Waals surface area contributed by atoms with E-state index in [0.717, 1.165) is 25.1 Å². The highest BCUT2D eigenvalue weighted by Crippen LogP contribution is 2.33. The van der Waals surface area contributed by atoms with Crippen molar-refractivity contribution >= 4 is 5.69 Å². The van der Waals surface area contributed by atoms with Gasteiger partial charge in [-0.1, -0.05) is 0 Å². The van der Waals surface area contributed by atoms with E-state index in [1.807, 2.05) is 7.05 Å². The van der Waals surface area contributed by atoms with Crippen molar-refractivity contribution in [2.45, 2.75) is 18.4 Å². The van der Waals surface area contributed by atoms with Crippen molar-refractivity contribution in [1.82, 2.24) is 0 Å². The maximum absolute atomic E-state index is 12.7. The van der Waals surface area contributed by atoms with Gasteiger partial charge in [-0.25, -0.2) is 4.39 Å². The average molecular weight is 194 g/mol. The number of anilines is 1. The predicted octanol–water partition coefficient (Wildman–Crippen LogP) is 1.75. The molecule has 2 rings (SSSR count). The molecule has 1 aliphatic carbocycles. The Hall–Kier alpha value is -1.09. The fourth-order valence-corrected chi connectivity index (χ4v) is 1.58. The molecule has 0 atom stereocenters. The summed E-state index contributed by atoms with van der Waals surface area (Å²) < 4.78 is 12.7. The van der Waals surface area contributed by atoms with Gasteiger partial charge in [0, 0.05) is 24.8 Å². The van der Waals surface area contributed by atoms with Gasteiger partial charge < -0.3 is 10.6 Å². The van der Waals surface area contributed by atoms with E-state index in [1.54, 1.807) is 12.1 Å². The van der Waals surface area contributed by atoms with Crippen molar-refractivity contribution in [2.75, 3.05) is 18.5 Å². The first-order chi connectivity index (χ1) is 6.59. The van der Waals surface area contributed by atoms with E-state index in [9.17, 15) is 4.39 Å². The van der Waals surface area contributed by atoms with Gasteiger partial charge in [-0.3, -0.25) is 0 Å². The van der Waals surface area contributed by atoms with Crippen molar-refractivity contribution in [3.05, 3.63) is 30.1 Å². The quantitative estimate of drug-likeness (QED) is 0.794. The van der Waals surface area contributed by atoms with Crippen molar-refractivity contribution < 1.29 is 4.39 Å². The normalized spacial score (nSPS) is 17.9. The minimum atomic E-state index is -0.198. The third-order valence-corrected chi connectivity index (χ3v) is 2.71. The Kier molecular flexibility index (Phi) is 2.19. The maximum Gasteiger partial charge on any atom is 0.123 e. The molecule has 2 N–H and O–H groups in total. The molecule has 14 heavy (non-hydrogen) atoms. The SMILES string of the molecule is CN(CC1(N)CC1)c1ccc(F)cc1. The van der Waals surface area contributed by atoms with Gasteiger partial charge in [-0.05, 0) is 37.1 Å². The van der Waals surface area contributed by atoms with E-state index in [2.05, 4.69) is 4.90 Å². The summed E-state index contributed by atoms with van der Waals surface area (Å²) in [5.41, 5.74) is 7.02. The molecule has 2 nitrogen and oxygen atoms in total. The molecule has 1 saturated carbocycles. The third kappa shape index (κ3) is 2.04. The van der Waals surface area contributed by atoms with Gasteiger partial charge in [0.2, 0.25) is 0 Å². The minimum Gasteiger partial charge on any atom is -0.373 e. The Bertz CT molecular complexity index is 317. The van der Waals surface area contributed by atoms with Crippen LogP contribution in [0.3, 0.4) is 0 Å². The second-order valence-corrected chi connectivity index (χ2v) is 4.19. The molecule has 1 fully saturated rings. The topological polar surface area (TPSA) is 29.3 Å². The van der Waals surface area contributed by atoms with Gasteiger partial charge in [0.15, 0.2) is 0 Å². The number of rotatable bonds is 3. The highest BCUT2D eigenvalue weighted by molar-refractivity contribution is 5.46. The molecule has 0 amide bonds. The molecule has 0 radical (unpaired) electrons. The van der Waals surface area contributed by atoms with Crippen LogP contribution >= 0.6 is 0 Å². The lowest BCUT2D eigenvalue weighted by Gasteiger charge is -2.22. The summed E-state index contributed by atoms with van der Waals surface area (Å²) in [6.07, 6.45) is 2.19. The lowest BCUT2D eigenvalue weighted by molar-refractivity contribution is 0.626. The highest BCUT2D eigenvalue weighted by atomic mass is 19.1. The van der Waals surface area contributed by atoms with E-state index in [-0.39, 0.29) is 11.4 Å². The largest absolute Gasteiger partial charge is 0.373 e. The van der Waals surface area contributed by atoms with E-state index in [4.69, 9.17) is 5.73 Å². The average Bonchev–Trinajstić information content (AvgIpc) is 2.84. The van der Waals surface area contributed by atoms with Crippen LogP contribution in [0.2, 0.25) is 0 Å². The van der Waals surface area contributed by atoms with Gasteiger partial charge >= 0.3 is 0 Å². The predicted molar refractivity (Wildman–Crippen MR) is 55.8 cm³/mol. The molecule has 76 valence electrons. The third-order valence-electron chi connectivity index (χ3n) is 2.71. The summed E-state index contributed by atoms with van der Waals surface area (Å²) in [6.45, 7) is 0.846. The van der Waals surface area contributed by atoms with E-state index >= 15 is 0 Å². The number of hydrogen-bond acceptors (Lipinski definition) is 2. The second-order valence-electron chi connectivity index (χ2n) is 4.19. The van der Waals surface area contributed by atoms with Crippen LogP contribution in [0, 0.1) is 5.82 Å². The zero-order chi connectivity index (χ0) is 10.2. The Morgan fingerprint density at radius 1 is 1.36 bits per heavy atom. The van der Waals surface area contributed by atoms with Gasteiger partial charge in [0.25, 0.3) is 0 Å². The minimum absolute atomic E-state index is 0.00311. The summed E-state index contributed by atoms with van der Waals surface area (Å²) in [6, 6.07) is 6.51. The number of halogens is 1. The Balaban J connectivity index is 2.03. The summed E-state index contributed by atoms with van der Waals surface area (Å²) in [4.78, 5) is 2.08.